The number of nitrogens with one attached hydrogen (secondary N) is 1. The summed E-state index contributed by atoms with van der Waals surface area (Å²) >= 11 is 0. The van der Waals surface area contributed by atoms with Crippen LogP contribution in [0.25, 0.3) is 0 Å². The summed E-state index contributed by atoms with van der Waals surface area (Å²) in [6.45, 7) is 2.28. The molecule has 1 N–H and O–H groups in total. The molecule has 3 rings (SSSR count). The minimum Gasteiger partial charge on any atom is -0.356 e. The van der Waals surface area contributed by atoms with Crippen molar-refractivity contribution in [2.45, 2.75) is 37.1 Å². The van der Waals surface area contributed by atoms with Gasteiger partial charge in [-0.1, -0.05) is 6.07 Å². The van der Waals surface area contributed by atoms with Crippen molar-refractivity contribution in [3.05, 3.63) is 29.6 Å². The first kappa shape index (κ1) is 16.4. The van der Waals surface area contributed by atoms with Crippen LogP contribution in [0.3, 0.4) is 0 Å². The molecule has 0 bridgehead atoms. The Morgan fingerprint density at radius 3 is 2.70 bits per heavy atom. The quantitative estimate of drug-likeness (QED) is 0.910. The molecule has 5 nitrogen and oxygen atoms in total. The van der Waals surface area contributed by atoms with Crippen molar-refractivity contribution >= 4 is 15.9 Å². The topological polar surface area (TPSA) is 66.5 Å². The number of benzene rings is 1. The second-order valence-electron chi connectivity index (χ2n) is 6.58. The van der Waals surface area contributed by atoms with Crippen LogP contribution in [0.1, 0.15) is 24.8 Å². The first-order valence-electron chi connectivity index (χ1n) is 7.80. The second kappa shape index (κ2) is 5.87. The highest BCUT2D eigenvalue weighted by Gasteiger charge is 2.42. The molecule has 1 amide bonds. The highest BCUT2D eigenvalue weighted by atomic mass is 32.2. The molecule has 2 aliphatic rings. The van der Waals surface area contributed by atoms with Gasteiger partial charge in [-0.2, -0.15) is 4.31 Å². The molecule has 126 valence electrons. The summed E-state index contributed by atoms with van der Waals surface area (Å²) in [6.07, 6.45) is 1.88. The predicted molar refractivity (Wildman–Crippen MR) is 83.7 cm³/mol. The van der Waals surface area contributed by atoms with Gasteiger partial charge < -0.3 is 5.32 Å². The molecule has 0 unspecified atom stereocenters. The third-order valence-electron chi connectivity index (χ3n) is 5.15. The van der Waals surface area contributed by atoms with E-state index >= 15 is 0 Å². The Morgan fingerprint density at radius 2 is 1.96 bits per heavy atom. The van der Waals surface area contributed by atoms with E-state index in [0.29, 0.717) is 30.9 Å². The molecule has 7 heteroatoms. The smallest absolute Gasteiger partial charge is 0.243 e. The molecule has 1 saturated carbocycles. The maximum atomic E-state index is 13.5. The lowest BCUT2D eigenvalue weighted by Gasteiger charge is -2.25. The number of hydrogen-bond acceptors (Lipinski definition) is 3. The zero-order valence-electron chi connectivity index (χ0n) is 13.3. The molecule has 1 saturated heterocycles. The van der Waals surface area contributed by atoms with Gasteiger partial charge in [0.25, 0.3) is 0 Å². The lowest BCUT2D eigenvalue weighted by atomic mass is 9.89. The Morgan fingerprint density at radius 1 is 1.26 bits per heavy atom. The largest absolute Gasteiger partial charge is 0.356 e. The highest BCUT2D eigenvalue weighted by molar-refractivity contribution is 7.89. The van der Waals surface area contributed by atoms with E-state index in [1.807, 2.05) is 0 Å². The van der Waals surface area contributed by atoms with Gasteiger partial charge in [0.05, 0.1) is 4.90 Å². The lowest BCUT2D eigenvalue weighted by Crippen LogP contribution is -2.38. The first-order chi connectivity index (χ1) is 10.8. The van der Waals surface area contributed by atoms with Crippen LogP contribution in [0.4, 0.5) is 4.39 Å². The van der Waals surface area contributed by atoms with Crippen LogP contribution >= 0.6 is 0 Å². The number of sulfonamides is 1. The van der Waals surface area contributed by atoms with E-state index < -0.39 is 15.8 Å². The lowest BCUT2D eigenvalue weighted by molar-refractivity contribution is -0.124. The molecular formula is C16H21FN2O3S. The summed E-state index contributed by atoms with van der Waals surface area (Å²) in [6, 6.07) is 3.67. The summed E-state index contributed by atoms with van der Waals surface area (Å²) in [7, 11) is -2.19. The van der Waals surface area contributed by atoms with Gasteiger partial charge in [-0.05, 0) is 49.3 Å². The van der Waals surface area contributed by atoms with Gasteiger partial charge in [-0.15, -0.1) is 0 Å². The fraction of sp³-hybridized carbons (Fsp3) is 0.562. The molecule has 3 atom stereocenters. The van der Waals surface area contributed by atoms with Crippen molar-refractivity contribution in [2.24, 2.45) is 11.8 Å². The molecule has 1 aliphatic heterocycles. The van der Waals surface area contributed by atoms with Crippen molar-refractivity contribution in [2.75, 3.05) is 13.6 Å². The number of carbonyl (C=O) groups excluding carboxylic acids is 1. The van der Waals surface area contributed by atoms with Crippen LogP contribution in [-0.4, -0.2) is 38.3 Å². The number of fused-ring (bicyclic) bond motifs is 1. The van der Waals surface area contributed by atoms with Crippen molar-refractivity contribution < 1.29 is 17.6 Å². The van der Waals surface area contributed by atoms with Gasteiger partial charge in [-0.3, -0.25) is 4.79 Å². The number of halogens is 1. The van der Waals surface area contributed by atoms with Gasteiger partial charge >= 0.3 is 0 Å². The van der Waals surface area contributed by atoms with E-state index in [0.717, 1.165) is 12.5 Å². The van der Waals surface area contributed by atoms with E-state index in [4.69, 9.17) is 0 Å². The maximum absolute atomic E-state index is 13.5. The van der Waals surface area contributed by atoms with E-state index in [1.54, 1.807) is 14.0 Å². The van der Waals surface area contributed by atoms with Crippen molar-refractivity contribution in [3.63, 3.8) is 0 Å². The number of piperidine rings is 1. The standard InChI is InChI=1S/C16H21FN2O3S/c1-10-3-4-13(17)8-15(10)23(21,22)19(2)14-5-11-7-16(20)18-9-12(11)6-14/h3-4,8,11-12,14H,5-7,9H2,1-2H3,(H,18,20)/t11-,12+,14-/m0/s1. The van der Waals surface area contributed by atoms with Crippen LogP contribution in [-0.2, 0) is 14.8 Å². The second-order valence-corrected chi connectivity index (χ2v) is 8.55. The van der Waals surface area contributed by atoms with Gasteiger partial charge in [0, 0.05) is 26.1 Å². The third kappa shape index (κ3) is 2.99. The average Bonchev–Trinajstić information content (AvgIpc) is 2.91. The normalized spacial score (nSPS) is 27.8. The highest BCUT2D eigenvalue weighted by Crippen LogP contribution is 2.39. The Balaban J connectivity index is 1.84. The summed E-state index contributed by atoms with van der Waals surface area (Å²) in [5.74, 6) is 0.0415. The summed E-state index contributed by atoms with van der Waals surface area (Å²) < 4.78 is 40.5. The van der Waals surface area contributed by atoms with Crippen LogP contribution < -0.4 is 5.32 Å². The van der Waals surface area contributed by atoms with Crippen LogP contribution in [0.5, 0.6) is 0 Å². The number of nitrogens with zero attached hydrogens (tertiary/aromatic N) is 1. The van der Waals surface area contributed by atoms with E-state index in [9.17, 15) is 17.6 Å². The number of amides is 1. The number of aryl methyl sites for hydroxylation is 1. The number of hydrogen-bond donors (Lipinski definition) is 1. The fourth-order valence-corrected chi connectivity index (χ4v) is 5.35. The molecule has 0 radical (unpaired) electrons. The Labute approximate surface area is 135 Å². The minimum absolute atomic E-state index is 0.0177. The Kier molecular flexibility index (Phi) is 4.18. The van der Waals surface area contributed by atoms with Crippen LogP contribution in [0.2, 0.25) is 0 Å². The summed E-state index contributed by atoms with van der Waals surface area (Å²) in [5, 5.41) is 2.84. The van der Waals surface area contributed by atoms with Gasteiger partial charge in [0.2, 0.25) is 15.9 Å². The molecule has 1 heterocycles. The molecule has 0 spiro atoms. The van der Waals surface area contributed by atoms with E-state index in [-0.39, 0.29) is 22.8 Å². The monoisotopic (exact) mass is 340 g/mol. The zero-order valence-corrected chi connectivity index (χ0v) is 14.1. The van der Waals surface area contributed by atoms with Gasteiger partial charge in [0.15, 0.2) is 0 Å². The fourth-order valence-electron chi connectivity index (χ4n) is 3.74. The zero-order chi connectivity index (χ0) is 16.8. The molecule has 2 fully saturated rings. The van der Waals surface area contributed by atoms with Crippen molar-refractivity contribution in [1.29, 1.82) is 0 Å². The van der Waals surface area contributed by atoms with Gasteiger partial charge in [-0.25, -0.2) is 12.8 Å². The van der Waals surface area contributed by atoms with Crippen molar-refractivity contribution in [3.8, 4) is 0 Å². The Hall–Kier alpha value is -1.47. The number of carbonyl (C=O) groups is 1. The minimum atomic E-state index is -3.74. The SMILES string of the molecule is Cc1ccc(F)cc1S(=O)(=O)N(C)[C@H]1C[C@H]2CC(=O)NC[C@H]2C1. The molecule has 1 aromatic rings. The maximum Gasteiger partial charge on any atom is 0.243 e. The molecule has 1 aliphatic carbocycles. The first-order valence-corrected chi connectivity index (χ1v) is 9.24. The van der Waals surface area contributed by atoms with Crippen LogP contribution in [0, 0.1) is 24.6 Å². The molecular weight excluding hydrogens is 319 g/mol. The predicted octanol–water partition coefficient (Wildman–Crippen LogP) is 1.67. The molecule has 0 aromatic heterocycles. The molecule has 23 heavy (non-hydrogen) atoms. The molecule has 1 aromatic carbocycles. The van der Waals surface area contributed by atoms with Gasteiger partial charge in [0.1, 0.15) is 5.82 Å². The van der Waals surface area contributed by atoms with E-state index in [1.165, 1.54) is 16.4 Å². The third-order valence-corrected chi connectivity index (χ3v) is 7.20. The summed E-state index contributed by atoms with van der Waals surface area (Å²) in [5.41, 5.74) is 0.533. The van der Waals surface area contributed by atoms with E-state index in [2.05, 4.69) is 5.32 Å². The van der Waals surface area contributed by atoms with Crippen LogP contribution in [0.15, 0.2) is 23.1 Å². The van der Waals surface area contributed by atoms with Crippen molar-refractivity contribution in [1.82, 2.24) is 9.62 Å². The Bertz CT molecular complexity index is 735. The average molecular weight is 340 g/mol. The number of rotatable bonds is 3. The summed E-state index contributed by atoms with van der Waals surface area (Å²) in [4.78, 5) is 11.5.